The molecule has 1 aromatic rings. The van der Waals surface area contributed by atoms with Crippen LogP contribution in [0.1, 0.15) is 52.4 Å². The van der Waals surface area contributed by atoms with Gasteiger partial charge in [0.25, 0.3) is 5.69 Å². The molecule has 234 valence electrons. The minimum Gasteiger partial charge on any atom is -0.370 e. The average molecular weight is 603 g/mol. The standard InChI is InChI=1S/C27H38N8O8/c1-15(28)23(37)30-16(2)26(40)34-14-4-6-21(34)27(41)33-13-3-5-20(33)25(39)32-19(11-12-22(29)36)24(38)31-17-7-9-18(10-8-17)35(42)43/h7-10,15-16,19-21H,3-6,11-14,28H2,1-2H3,(H2,29,36)(H,30,37)(H,31,38)(H,32,39)/t15-,16-,19-,20-,21-/m0/s1. The number of nitro groups is 1. The summed E-state index contributed by atoms with van der Waals surface area (Å²) in [6, 6.07) is 0.457. The van der Waals surface area contributed by atoms with Crippen molar-refractivity contribution in [3.05, 3.63) is 34.4 Å². The van der Waals surface area contributed by atoms with Crippen LogP contribution in [0, 0.1) is 10.1 Å². The van der Waals surface area contributed by atoms with E-state index >= 15 is 0 Å². The molecular weight excluding hydrogens is 564 g/mol. The van der Waals surface area contributed by atoms with Crippen LogP contribution in [0.5, 0.6) is 0 Å². The first kappa shape index (κ1) is 32.9. The van der Waals surface area contributed by atoms with E-state index in [2.05, 4.69) is 16.0 Å². The summed E-state index contributed by atoms with van der Waals surface area (Å²) in [7, 11) is 0. The van der Waals surface area contributed by atoms with Crippen molar-refractivity contribution in [3.63, 3.8) is 0 Å². The number of hydrogen-bond acceptors (Lipinski definition) is 9. The first-order chi connectivity index (χ1) is 20.3. The van der Waals surface area contributed by atoms with Gasteiger partial charge in [-0.25, -0.2) is 0 Å². The summed E-state index contributed by atoms with van der Waals surface area (Å²) in [6.07, 6.45) is 1.48. The van der Waals surface area contributed by atoms with E-state index in [9.17, 15) is 38.9 Å². The molecule has 2 aliphatic heterocycles. The molecule has 16 heteroatoms. The Morgan fingerprint density at radius 2 is 1.56 bits per heavy atom. The number of nitrogens with zero attached hydrogens (tertiary/aromatic N) is 3. The molecule has 0 bridgehead atoms. The number of primary amides is 1. The lowest BCUT2D eigenvalue weighted by atomic mass is 10.1. The molecule has 0 unspecified atom stereocenters. The maximum Gasteiger partial charge on any atom is 0.269 e. The molecular formula is C27H38N8O8. The van der Waals surface area contributed by atoms with Gasteiger partial charge in [-0.3, -0.25) is 38.9 Å². The molecule has 1 aromatic carbocycles. The van der Waals surface area contributed by atoms with Crippen molar-refractivity contribution in [2.24, 2.45) is 11.5 Å². The van der Waals surface area contributed by atoms with Crippen molar-refractivity contribution >= 4 is 46.8 Å². The molecule has 2 heterocycles. The van der Waals surface area contributed by atoms with Gasteiger partial charge in [-0.1, -0.05) is 0 Å². The van der Waals surface area contributed by atoms with Gasteiger partial charge in [-0.15, -0.1) is 0 Å². The van der Waals surface area contributed by atoms with Crippen LogP contribution in [0.3, 0.4) is 0 Å². The number of carbonyl (C=O) groups excluding carboxylic acids is 6. The lowest BCUT2D eigenvalue weighted by molar-refractivity contribution is -0.384. The smallest absolute Gasteiger partial charge is 0.269 e. The van der Waals surface area contributed by atoms with Gasteiger partial charge in [0.1, 0.15) is 24.2 Å². The van der Waals surface area contributed by atoms with Gasteiger partial charge in [0.05, 0.1) is 11.0 Å². The van der Waals surface area contributed by atoms with Gasteiger partial charge in [0.15, 0.2) is 0 Å². The number of nitro benzene ring substituents is 1. The summed E-state index contributed by atoms with van der Waals surface area (Å²) in [5.74, 6) is -3.29. The maximum atomic E-state index is 13.6. The molecule has 0 saturated carbocycles. The van der Waals surface area contributed by atoms with Crippen LogP contribution in [0.15, 0.2) is 24.3 Å². The SMILES string of the molecule is C[C@H](N)C(=O)N[C@@H](C)C(=O)N1CCC[C@H]1C(=O)N1CCC[C@H]1C(=O)N[C@@H](CCC(N)=O)C(=O)Nc1ccc([N+](=O)[O-])cc1. The van der Waals surface area contributed by atoms with E-state index in [4.69, 9.17) is 11.5 Å². The molecule has 7 N–H and O–H groups in total. The quantitative estimate of drug-likeness (QED) is 0.147. The monoisotopic (exact) mass is 602 g/mol. The number of amides is 6. The highest BCUT2D eigenvalue weighted by molar-refractivity contribution is 5.99. The number of nitrogens with two attached hydrogens (primary N) is 2. The highest BCUT2D eigenvalue weighted by Crippen LogP contribution is 2.26. The van der Waals surface area contributed by atoms with Crippen molar-refractivity contribution < 1.29 is 33.7 Å². The normalized spacial score (nSPS) is 20.1. The van der Waals surface area contributed by atoms with Crippen LogP contribution in [0.25, 0.3) is 0 Å². The van der Waals surface area contributed by atoms with Gasteiger partial charge >= 0.3 is 0 Å². The number of likely N-dealkylation sites (tertiary alicyclic amines) is 2. The van der Waals surface area contributed by atoms with Crippen molar-refractivity contribution in [1.82, 2.24) is 20.4 Å². The van der Waals surface area contributed by atoms with Crippen molar-refractivity contribution in [2.45, 2.75) is 82.6 Å². The Morgan fingerprint density at radius 3 is 2.14 bits per heavy atom. The summed E-state index contributed by atoms with van der Waals surface area (Å²) >= 11 is 0. The second-order valence-electron chi connectivity index (χ2n) is 10.8. The van der Waals surface area contributed by atoms with Crippen molar-refractivity contribution in [3.8, 4) is 0 Å². The summed E-state index contributed by atoms with van der Waals surface area (Å²) in [4.78, 5) is 89.7. The number of carbonyl (C=O) groups is 6. The highest BCUT2D eigenvalue weighted by atomic mass is 16.6. The number of rotatable bonds is 12. The lowest BCUT2D eigenvalue weighted by Crippen LogP contribution is -2.57. The van der Waals surface area contributed by atoms with Crippen LogP contribution >= 0.6 is 0 Å². The summed E-state index contributed by atoms with van der Waals surface area (Å²) in [5, 5.41) is 18.6. The fourth-order valence-electron chi connectivity index (χ4n) is 5.16. The topological polar surface area (TPSA) is 240 Å². The van der Waals surface area contributed by atoms with Crippen LogP contribution in [-0.2, 0) is 28.8 Å². The Balaban J connectivity index is 1.69. The van der Waals surface area contributed by atoms with E-state index in [-0.39, 0.29) is 30.8 Å². The fourth-order valence-corrected chi connectivity index (χ4v) is 5.16. The predicted molar refractivity (Wildman–Crippen MR) is 153 cm³/mol. The molecule has 5 atom stereocenters. The molecule has 2 saturated heterocycles. The number of nitrogens with one attached hydrogen (secondary N) is 3. The summed E-state index contributed by atoms with van der Waals surface area (Å²) in [5.41, 5.74) is 10.9. The molecule has 6 amide bonds. The number of anilines is 1. The Kier molecular flexibility index (Phi) is 11.1. The first-order valence-electron chi connectivity index (χ1n) is 14.1. The lowest BCUT2D eigenvalue weighted by Gasteiger charge is -2.32. The molecule has 16 nitrogen and oxygen atoms in total. The molecule has 2 aliphatic rings. The fraction of sp³-hybridized carbons (Fsp3) is 0.556. The number of non-ortho nitro benzene ring substituents is 1. The van der Waals surface area contributed by atoms with E-state index in [0.29, 0.717) is 32.2 Å². The van der Waals surface area contributed by atoms with Crippen LogP contribution in [-0.4, -0.2) is 93.5 Å². The molecule has 0 spiro atoms. The predicted octanol–water partition coefficient (Wildman–Crippen LogP) is -0.882. The molecule has 43 heavy (non-hydrogen) atoms. The van der Waals surface area contributed by atoms with Crippen LogP contribution < -0.4 is 27.4 Å². The van der Waals surface area contributed by atoms with E-state index in [0.717, 1.165) is 0 Å². The maximum absolute atomic E-state index is 13.6. The van der Waals surface area contributed by atoms with Crippen molar-refractivity contribution in [2.75, 3.05) is 18.4 Å². The molecule has 0 aromatic heterocycles. The van der Waals surface area contributed by atoms with Crippen molar-refractivity contribution in [1.29, 1.82) is 0 Å². The Labute approximate surface area is 248 Å². The third-order valence-corrected chi connectivity index (χ3v) is 7.46. The zero-order valence-corrected chi connectivity index (χ0v) is 24.1. The van der Waals surface area contributed by atoms with E-state index in [1.54, 1.807) is 0 Å². The summed E-state index contributed by atoms with van der Waals surface area (Å²) < 4.78 is 0. The zero-order chi connectivity index (χ0) is 31.8. The Bertz CT molecular complexity index is 1250. The van der Waals surface area contributed by atoms with E-state index in [1.807, 2.05) is 0 Å². The Hall–Kier alpha value is -4.60. The Morgan fingerprint density at radius 1 is 0.953 bits per heavy atom. The zero-order valence-electron chi connectivity index (χ0n) is 24.1. The van der Waals surface area contributed by atoms with Gasteiger partial charge in [-0.2, -0.15) is 0 Å². The molecule has 3 rings (SSSR count). The molecule has 2 fully saturated rings. The molecule has 0 radical (unpaired) electrons. The van der Waals surface area contributed by atoms with Gasteiger partial charge in [0, 0.05) is 37.3 Å². The first-order valence-corrected chi connectivity index (χ1v) is 14.1. The van der Waals surface area contributed by atoms with Crippen LogP contribution in [0.4, 0.5) is 11.4 Å². The summed E-state index contributed by atoms with van der Waals surface area (Å²) in [6.45, 7) is 3.59. The van der Waals surface area contributed by atoms with E-state index < -0.39 is 70.6 Å². The number of hydrogen-bond donors (Lipinski definition) is 5. The highest BCUT2D eigenvalue weighted by Gasteiger charge is 2.43. The third-order valence-electron chi connectivity index (χ3n) is 7.46. The third kappa shape index (κ3) is 8.47. The number of benzene rings is 1. The largest absolute Gasteiger partial charge is 0.370 e. The van der Waals surface area contributed by atoms with Gasteiger partial charge in [0.2, 0.25) is 35.4 Å². The second kappa shape index (κ2) is 14.5. The van der Waals surface area contributed by atoms with Crippen LogP contribution in [0.2, 0.25) is 0 Å². The van der Waals surface area contributed by atoms with E-state index in [1.165, 1.54) is 47.9 Å². The molecule has 0 aliphatic carbocycles. The minimum atomic E-state index is -1.19. The minimum absolute atomic E-state index is 0.115. The average Bonchev–Trinajstić information content (AvgIpc) is 3.65. The second-order valence-corrected chi connectivity index (χ2v) is 10.8. The van der Waals surface area contributed by atoms with Gasteiger partial charge in [-0.05, 0) is 58.1 Å². The van der Waals surface area contributed by atoms with Gasteiger partial charge < -0.3 is 37.2 Å².